The van der Waals surface area contributed by atoms with E-state index < -0.39 is 11.9 Å². The first-order valence-corrected chi connectivity index (χ1v) is 5.33. The number of hydrogen-bond acceptors (Lipinski definition) is 3. The Labute approximate surface area is 96.6 Å². The molecule has 1 atom stereocenters. The molecule has 0 heterocycles. The van der Waals surface area contributed by atoms with Gasteiger partial charge in [-0.15, -0.1) is 0 Å². The van der Waals surface area contributed by atoms with Gasteiger partial charge in [-0.2, -0.15) is 0 Å². The molecule has 0 aliphatic heterocycles. The maximum atomic E-state index is 11.2. The highest BCUT2D eigenvalue weighted by atomic mass is 79.9. The van der Waals surface area contributed by atoms with Crippen LogP contribution in [0.3, 0.4) is 0 Å². The standard InChI is InChI=1S/C10H13BrN2O2/c11-8-3-1-7(2-4-8)9(10(12)15)13-5-6-14/h1-4,9,13-14H,5-6H2,(H2,12,15). The number of amides is 1. The molecule has 0 bridgehead atoms. The summed E-state index contributed by atoms with van der Waals surface area (Å²) in [5.41, 5.74) is 6.04. The van der Waals surface area contributed by atoms with Crippen LogP contribution in [0.4, 0.5) is 0 Å². The van der Waals surface area contributed by atoms with Crippen molar-refractivity contribution in [1.29, 1.82) is 0 Å². The predicted molar refractivity (Wildman–Crippen MR) is 61.2 cm³/mol. The lowest BCUT2D eigenvalue weighted by Gasteiger charge is -2.14. The van der Waals surface area contributed by atoms with E-state index in [1.165, 1.54) is 0 Å². The van der Waals surface area contributed by atoms with Crippen LogP contribution in [-0.2, 0) is 4.79 Å². The molecule has 1 rings (SSSR count). The van der Waals surface area contributed by atoms with Gasteiger partial charge in [-0.1, -0.05) is 28.1 Å². The Morgan fingerprint density at radius 3 is 2.53 bits per heavy atom. The SMILES string of the molecule is NC(=O)C(NCCO)c1ccc(Br)cc1. The minimum atomic E-state index is -0.551. The zero-order valence-corrected chi connectivity index (χ0v) is 9.70. The molecular formula is C10H13BrN2O2. The number of halogens is 1. The molecule has 4 N–H and O–H groups in total. The summed E-state index contributed by atoms with van der Waals surface area (Å²) in [4.78, 5) is 11.2. The summed E-state index contributed by atoms with van der Waals surface area (Å²) >= 11 is 3.31. The first-order valence-electron chi connectivity index (χ1n) is 4.54. The molecular weight excluding hydrogens is 260 g/mol. The van der Waals surface area contributed by atoms with Crippen LogP contribution in [0.5, 0.6) is 0 Å². The van der Waals surface area contributed by atoms with E-state index in [0.717, 1.165) is 10.0 Å². The van der Waals surface area contributed by atoms with Crippen LogP contribution in [0.1, 0.15) is 11.6 Å². The lowest BCUT2D eigenvalue weighted by Crippen LogP contribution is -2.35. The van der Waals surface area contributed by atoms with E-state index in [1.54, 1.807) is 0 Å². The van der Waals surface area contributed by atoms with Crippen molar-refractivity contribution in [2.45, 2.75) is 6.04 Å². The van der Waals surface area contributed by atoms with Gasteiger partial charge in [-0.3, -0.25) is 10.1 Å². The van der Waals surface area contributed by atoms with Crippen LogP contribution >= 0.6 is 15.9 Å². The summed E-state index contributed by atoms with van der Waals surface area (Å²) in [6.07, 6.45) is 0. The first-order chi connectivity index (χ1) is 7.15. The largest absolute Gasteiger partial charge is 0.395 e. The molecule has 0 aliphatic carbocycles. The minimum absolute atomic E-state index is 0.0275. The van der Waals surface area contributed by atoms with Crippen molar-refractivity contribution in [3.63, 3.8) is 0 Å². The van der Waals surface area contributed by atoms with E-state index in [0.29, 0.717) is 6.54 Å². The van der Waals surface area contributed by atoms with E-state index in [2.05, 4.69) is 21.2 Å². The molecule has 1 aromatic carbocycles. The monoisotopic (exact) mass is 272 g/mol. The van der Waals surface area contributed by atoms with Gasteiger partial charge in [0.2, 0.25) is 5.91 Å². The number of carbonyl (C=O) groups is 1. The number of primary amides is 1. The second-order valence-corrected chi connectivity index (χ2v) is 3.98. The van der Waals surface area contributed by atoms with Gasteiger partial charge in [-0.05, 0) is 17.7 Å². The normalized spacial score (nSPS) is 12.4. The fraction of sp³-hybridized carbons (Fsp3) is 0.300. The van der Waals surface area contributed by atoms with E-state index in [4.69, 9.17) is 10.8 Å². The van der Waals surface area contributed by atoms with Crippen LogP contribution in [0.15, 0.2) is 28.7 Å². The van der Waals surface area contributed by atoms with Crippen molar-refractivity contribution < 1.29 is 9.90 Å². The maximum absolute atomic E-state index is 11.2. The van der Waals surface area contributed by atoms with E-state index in [9.17, 15) is 4.79 Å². The average molecular weight is 273 g/mol. The summed E-state index contributed by atoms with van der Waals surface area (Å²) in [6, 6.07) is 6.75. The van der Waals surface area contributed by atoms with Gasteiger partial charge in [0.1, 0.15) is 6.04 Å². The second-order valence-electron chi connectivity index (χ2n) is 3.06. The Bertz CT molecular complexity index is 327. The van der Waals surface area contributed by atoms with Crippen LogP contribution in [0, 0.1) is 0 Å². The Balaban J connectivity index is 2.79. The number of nitrogens with one attached hydrogen (secondary N) is 1. The van der Waals surface area contributed by atoms with Gasteiger partial charge in [0.15, 0.2) is 0 Å². The summed E-state index contributed by atoms with van der Waals surface area (Å²) in [5.74, 6) is -0.453. The molecule has 4 nitrogen and oxygen atoms in total. The summed E-state index contributed by atoms with van der Waals surface area (Å²) in [5, 5.41) is 11.5. The molecule has 15 heavy (non-hydrogen) atoms. The lowest BCUT2D eigenvalue weighted by molar-refractivity contribution is -0.120. The molecule has 1 amide bonds. The van der Waals surface area contributed by atoms with Crippen LogP contribution in [-0.4, -0.2) is 24.2 Å². The summed E-state index contributed by atoms with van der Waals surface area (Å²) in [6.45, 7) is 0.310. The van der Waals surface area contributed by atoms with E-state index in [-0.39, 0.29) is 6.61 Å². The fourth-order valence-electron chi connectivity index (χ4n) is 1.25. The molecule has 0 spiro atoms. The highest BCUT2D eigenvalue weighted by Crippen LogP contribution is 2.16. The third kappa shape index (κ3) is 3.62. The number of nitrogens with two attached hydrogens (primary N) is 1. The molecule has 1 aromatic rings. The van der Waals surface area contributed by atoms with Crippen LogP contribution < -0.4 is 11.1 Å². The average Bonchev–Trinajstić information content (AvgIpc) is 2.21. The van der Waals surface area contributed by atoms with Gasteiger partial charge in [-0.25, -0.2) is 0 Å². The third-order valence-electron chi connectivity index (χ3n) is 1.95. The number of aliphatic hydroxyl groups excluding tert-OH is 1. The fourth-order valence-corrected chi connectivity index (χ4v) is 1.51. The molecule has 0 aromatic heterocycles. The molecule has 5 heteroatoms. The van der Waals surface area contributed by atoms with Crippen molar-refractivity contribution in [3.8, 4) is 0 Å². The van der Waals surface area contributed by atoms with Gasteiger partial charge in [0, 0.05) is 11.0 Å². The second kappa shape index (κ2) is 5.85. The third-order valence-corrected chi connectivity index (χ3v) is 2.48. The number of hydrogen-bond donors (Lipinski definition) is 3. The van der Waals surface area contributed by atoms with Crippen molar-refractivity contribution in [2.75, 3.05) is 13.2 Å². The smallest absolute Gasteiger partial charge is 0.239 e. The Morgan fingerprint density at radius 1 is 1.47 bits per heavy atom. The minimum Gasteiger partial charge on any atom is -0.395 e. The van der Waals surface area contributed by atoms with Crippen molar-refractivity contribution in [3.05, 3.63) is 34.3 Å². The van der Waals surface area contributed by atoms with Gasteiger partial charge < -0.3 is 10.8 Å². The molecule has 82 valence electrons. The zero-order chi connectivity index (χ0) is 11.3. The highest BCUT2D eigenvalue weighted by molar-refractivity contribution is 9.10. The van der Waals surface area contributed by atoms with Gasteiger partial charge >= 0.3 is 0 Å². The van der Waals surface area contributed by atoms with Crippen LogP contribution in [0.25, 0.3) is 0 Å². The Kier molecular flexibility index (Phi) is 4.74. The van der Waals surface area contributed by atoms with Crippen molar-refractivity contribution in [2.24, 2.45) is 5.73 Å². The van der Waals surface area contributed by atoms with Crippen LogP contribution in [0.2, 0.25) is 0 Å². The zero-order valence-electron chi connectivity index (χ0n) is 8.11. The van der Waals surface area contributed by atoms with E-state index in [1.807, 2.05) is 24.3 Å². The summed E-state index contributed by atoms with van der Waals surface area (Å²) < 4.78 is 0.941. The van der Waals surface area contributed by atoms with Crippen molar-refractivity contribution in [1.82, 2.24) is 5.32 Å². The number of benzene rings is 1. The molecule has 0 radical (unpaired) electrons. The Morgan fingerprint density at radius 2 is 2.07 bits per heavy atom. The molecule has 0 aliphatic rings. The number of aliphatic hydroxyl groups is 1. The molecule has 0 saturated heterocycles. The predicted octanol–water partition coefficient (Wildman–Crippen LogP) is 0.557. The number of carbonyl (C=O) groups excluding carboxylic acids is 1. The van der Waals surface area contributed by atoms with Gasteiger partial charge in [0.25, 0.3) is 0 Å². The molecule has 0 saturated carbocycles. The Hall–Kier alpha value is -0.910. The topological polar surface area (TPSA) is 75.4 Å². The van der Waals surface area contributed by atoms with E-state index >= 15 is 0 Å². The quantitative estimate of drug-likeness (QED) is 0.733. The molecule has 0 fully saturated rings. The maximum Gasteiger partial charge on any atom is 0.239 e. The summed E-state index contributed by atoms with van der Waals surface area (Å²) in [7, 11) is 0. The number of rotatable bonds is 5. The molecule has 1 unspecified atom stereocenters. The van der Waals surface area contributed by atoms with Gasteiger partial charge in [0.05, 0.1) is 6.61 Å². The highest BCUT2D eigenvalue weighted by Gasteiger charge is 2.16. The first kappa shape index (κ1) is 12.2. The lowest BCUT2D eigenvalue weighted by atomic mass is 10.1. The van der Waals surface area contributed by atoms with Crippen molar-refractivity contribution >= 4 is 21.8 Å².